The number of carboxylic acid groups (broad SMARTS) is 1. The molecule has 0 spiro atoms. The fourth-order valence-electron chi connectivity index (χ4n) is 2.82. The van der Waals surface area contributed by atoms with Crippen molar-refractivity contribution < 1.29 is 27.9 Å². The van der Waals surface area contributed by atoms with Crippen LogP contribution in [0.4, 0.5) is 18.0 Å². The molecule has 0 saturated carbocycles. The molecule has 118 valence electrons. The molecule has 21 heavy (non-hydrogen) atoms. The molecule has 0 aromatic rings. The van der Waals surface area contributed by atoms with Gasteiger partial charge in [-0.15, -0.1) is 0 Å². The highest BCUT2D eigenvalue weighted by Crippen LogP contribution is 2.31. The van der Waals surface area contributed by atoms with Gasteiger partial charge in [-0.25, -0.2) is 9.59 Å². The summed E-state index contributed by atoms with van der Waals surface area (Å²) in [6, 6.07) is -1.39. The zero-order valence-electron chi connectivity index (χ0n) is 11.6. The molecule has 2 atom stereocenters. The summed E-state index contributed by atoms with van der Waals surface area (Å²) in [5.41, 5.74) is -0.629. The molecule has 2 aliphatic heterocycles. The molecule has 1 N–H and O–H groups in total. The SMILES string of the molecule is CC1CCN(C(=O)N2CC=C(C(F)(F)F)CC2)C1C(=O)O. The molecular weight excluding hydrogens is 289 g/mol. The summed E-state index contributed by atoms with van der Waals surface area (Å²) < 4.78 is 37.6. The normalized spacial score (nSPS) is 26.8. The van der Waals surface area contributed by atoms with E-state index in [1.165, 1.54) is 9.80 Å². The molecule has 2 heterocycles. The monoisotopic (exact) mass is 306 g/mol. The molecule has 0 radical (unpaired) electrons. The highest BCUT2D eigenvalue weighted by molar-refractivity contribution is 5.83. The van der Waals surface area contributed by atoms with Crippen LogP contribution in [0.5, 0.6) is 0 Å². The second kappa shape index (κ2) is 5.57. The molecule has 2 unspecified atom stereocenters. The van der Waals surface area contributed by atoms with E-state index in [1.807, 2.05) is 0 Å². The first kappa shape index (κ1) is 15.7. The average molecular weight is 306 g/mol. The number of aliphatic carboxylic acids is 1. The van der Waals surface area contributed by atoms with Crippen molar-refractivity contribution in [3.63, 3.8) is 0 Å². The van der Waals surface area contributed by atoms with Crippen LogP contribution in [0.15, 0.2) is 11.6 Å². The molecule has 0 aromatic heterocycles. The maximum absolute atomic E-state index is 12.5. The van der Waals surface area contributed by atoms with Crippen molar-refractivity contribution in [1.82, 2.24) is 9.80 Å². The third kappa shape index (κ3) is 3.14. The summed E-state index contributed by atoms with van der Waals surface area (Å²) in [5.74, 6) is -1.23. The van der Waals surface area contributed by atoms with Crippen LogP contribution in [0.3, 0.4) is 0 Å². The van der Waals surface area contributed by atoms with E-state index in [4.69, 9.17) is 0 Å². The van der Waals surface area contributed by atoms with E-state index in [-0.39, 0.29) is 25.4 Å². The minimum Gasteiger partial charge on any atom is -0.480 e. The van der Waals surface area contributed by atoms with Crippen molar-refractivity contribution in [1.29, 1.82) is 0 Å². The van der Waals surface area contributed by atoms with E-state index in [9.17, 15) is 27.9 Å². The van der Waals surface area contributed by atoms with Gasteiger partial charge in [0.05, 0.1) is 0 Å². The van der Waals surface area contributed by atoms with Crippen molar-refractivity contribution in [2.24, 2.45) is 5.92 Å². The van der Waals surface area contributed by atoms with Crippen LogP contribution in [0.1, 0.15) is 19.8 Å². The molecule has 2 rings (SSSR count). The van der Waals surface area contributed by atoms with Crippen LogP contribution in [0, 0.1) is 5.92 Å². The Balaban J connectivity index is 2.05. The zero-order chi connectivity index (χ0) is 15.8. The summed E-state index contributed by atoms with van der Waals surface area (Å²) in [7, 11) is 0. The van der Waals surface area contributed by atoms with E-state index in [0.717, 1.165) is 6.08 Å². The Hall–Kier alpha value is -1.73. The number of halogens is 3. The maximum atomic E-state index is 12.5. The molecule has 1 saturated heterocycles. The quantitative estimate of drug-likeness (QED) is 0.755. The molecule has 1 fully saturated rings. The number of nitrogens with zero attached hydrogens (tertiary/aromatic N) is 2. The lowest BCUT2D eigenvalue weighted by Crippen LogP contribution is -2.50. The van der Waals surface area contributed by atoms with Crippen LogP contribution in [0.2, 0.25) is 0 Å². The second-order valence-corrected chi connectivity index (χ2v) is 5.45. The van der Waals surface area contributed by atoms with Gasteiger partial charge in [-0.2, -0.15) is 13.2 Å². The molecular formula is C13H17F3N2O3. The predicted octanol–water partition coefficient (Wildman–Crippen LogP) is 2.10. The highest BCUT2D eigenvalue weighted by Gasteiger charge is 2.42. The largest absolute Gasteiger partial charge is 0.480 e. The van der Waals surface area contributed by atoms with E-state index in [0.29, 0.717) is 13.0 Å². The topological polar surface area (TPSA) is 60.9 Å². The first-order chi connectivity index (χ1) is 9.71. The van der Waals surface area contributed by atoms with Gasteiger partial charge in [-0.3, -0.25) is 0 Å². The van der Waals surface area contributed by atoms with Crippen molar-refractivity contribution >= 4 is 12.0 Å². The first-order valence-corrected chi connectivity index (χ1v) is 6.76. The fourth-order valence-corrected chi connectivity index (χ4v) is 2.82. The van der Waals surface area contributed by atoms with E-state index in [1.54, 1.807) is 6.92 Å². The number of rotatable bonds is 1. The van der Waals surface area contributed by atoms with E-state index < -0.39 is 29.8 Å². The van der Waals surface area contributed by atoms with Crippen molar-refractivity contribution in [3.05, 3.63) is 11.6 Å². The van der Waals surface area contributed by atoms with Gasteiger partial charge in [0, 0.05) is 25.2 Å². The molecule has 2 amide bonds. The van der Waals surface area contributed by atoms with Crippen LogP contribution < -0.4 is 0 Å². The van der Waals surface area contributed by atoms with Gasteiger partial charge in [0.15, 0.2) is 0 Å². The number of hydrogen-bond donors (Lipinski definition) is 1. The van der Waals surface area contributed by atoms with Crippen molar-refractivity contribution in [2.75, 3.05) is 19.6 Å². The summed E-state index contributed by atoms with van der Waals surface area (Å²) >= 11 is 0. The molecule has 0 aliphatic carbocycles. The first-order valence-electron chi connectivity index (χ1n) is 6.76. The van der Waals surface area contributed by atoms with Gasteiger partial charge in [0.2, 0.25) is 0 Å². The van der Waals surface area contributed by atoms with Gasteiger partial charge < -0.3 is 14.9 Å². The molecule has 8 heteroatoms. The summed E-state index contributed by atoms with van der Waals surface area (Å²) in [6.45, 7) is 1.90. The Morgan fingerprint density at radius 3 is 2.48 bits per heavy atom. The van der Waals surface area contributed by atoms with E-state index in [2.05, 4.69) is 0 Å². The fraction of sp³-hybridized carbons (Fsp3) is 0.692. The Morgan fingerprint density at radius 2 is 2.00 bits per heavy atom. The molecule has 0 bridgehead atoms. The number of amides is 2. The Kier molecular flexibility index (Phi) is 4.15. The molecule has 0 aromatic carbocycles. The lowest BCUT2D eigenvalue weighted by atomic mass is 10.0. The van der Waals surface area contributed by atoms with Crippen molar-refractivity contribution in [3.8, 4) is 0 Å². The summed E-state index contributed by atoms with van der Waals surface area (Å²) in [4.78, 5) is 26.0. The number of alkyl halides is 3. The number of carbonyl (C=O) groups excluding carboxylic acids is 1. The van der Waals surface area contributed by atoms with Gasteiger partial charge in [-0.1, -0.05) is 13.0 Å². The van der Waals surface area contributed by atoms with Crippen LogP contribution in [0.25, 0.3) is 0 Å². The number of carboxylic acids is 1. The summed E-state index contributed by atoms with van der Waals surface area (Å²) in [5, 5.41) is 9.18. The van der Waals surface area contributed by atoms with E-state index >= 15 is 0 Å². The number of carbonyl (C=O) groups is 2. The van der Waals surface area contributed by atoms with Crippen LogP contribution in [-0.2, 0) is 4.79 Å². The van der Waals surface area contributed by atoms with Crippen LogP contribution >= 0.6 is 0 Å². The molecule has 2 aliphatic rings. The number of likely N-dealkylation sites (tertiary alicyclic amines) is 1. The Labute approximate surface area is 120 Å². The lowest BCUT2D eigenvalue weighted by Gasteiger charge is -2.33. The third-order valence-corrected chi connectivity index (χ3v) is 4.04. The maximum Gasteiger partial charge on any atom is 0.412 e. The minimum atomic E-state index is -4.36. The van der Waals surface area contributed by atoms with Crippen molar-refractivity contribution in [2.45, 2.75) is 32.0 Å². The minimum absolute atomic E-state index is 0.0403. The predicted molar refractivity (Wildman–Crippen MR) is 67.6 cm³/mol. The number of urea groups is 1. The lowest BCUT2D eigenvalue weighted by molar-refractivity contribution is -0.142. The van der Waals surface area contributed by atoms with Gasteiger partial charge >= 0.3 is 18.2 Å². The zero-order valence-corrected chi connectivity index (χ0v) is 11.6. The highest BCUT2D eigenvalue weighted by atomic mass is 19.4. The number of hydrogen-bond acceptors (Lipinski definition) is 2. The third-order valence-electron chi connectivity index (χ3n) is 4.04. The standard InChI is InChI=1S/C13H17F3N2O3/c1-8-2-7-18(10(8)11(19)20)12(21)17-5-3-9(4-6-17)13(14,15)16/h3,8,10H,2,4-7H2,1H3,(H,19,20). The smallest absolute Gasteiger partial charge is 0.412 e. The molecule has 5 nitrogen and oxygen atoms in total. The van der Waals surface area contributed by atoms with Gasteiger partial charge in [-0.05, 0) is 18.8 Å². The second-order valence-electron chi connectivity index (χ2n) is 5.45. The summed E-state index contributed by atoms with van der Waals surface area (Å²) in [6.07, 6.45) is -3.03. The Bertz CT molecular complexity index is 476. The average Bonchev–Trinajstić information content (AvgIpc) is 2.79. The van der Waals surface area contributed by atoms with Gasteiger partial charge in [0.1, 0.15) is 6.04 Å². The van der Waals surface area contributed by atoms with Gasteiger partial charge in [0.25, 0.3) is 0 Å². The Morgan fingerprint density at radius 1 is 1.33 bits per heavy atom. The van der Waals surface area contributed by atoms with Crippen LogP contribution in [-0.4, -0.2) is 58.8 Å².